The normalized spacial score (nSPS) is 17.1. The highest BCUT2D eigenvalue weighted by molar-refractivity contribution is 5.86. The molecule has 1 unspecified atom stereocenters. The van der Waals surface area contributed by atoms with Gasteiger partial charge in [0.1, 0.15) is 5.76 Å². The summed E-state index contributed by atoms with van der Waals surface area (Å²) in [5.41, 5.74) is -0.113. The molecule has 0 N–H and O–H groups in total. The monoisotopic (exact) mass is 313 g/mol. The average molecular weight is 313 g/mol. The zero-order valence-corrected chi connectivity index (χ0v) is 12.8. The average Bonchev–Trinajstić information content (AvgIpc) is 3.04. The van der Waals surface area contributed by atoms with Crippen molar-refractivity contribution in [3.05, 3.63) is 70.6 Å². The van der Waals surface area contributed by atoms with E-state index in [0.29, 0.717) is 24.8 Å². The number of allylic oxidation sites excluding steroid dienone is 2. The third-order valence-corrected chi connectivity index (χ3v) is 3.92. The van der Waals surface area contributed by atoms with Gasteiger partial charge in [-0.1, -0.05) is 18.2 Å². The lowest BCUT2D eigenvalue weighted by molar-refractivity contribution is 0.0394. The van der Waals surface area contributed by atoms with Gasteiger partial charge in [0.05, 0.1) is 13.2 Å². The molecule has 2 aromatic heterocycles. The number of carbonyl (C=O) groups is 1. The zero-order chi connectivity index (χ0) is 16.1. The summed E-state index contributed by atoms with van der Waals surface area (Å²) in [4.78, 5) is 23.7. The number of aromatic nitrogens is 1. The molecule has 5 heteroatoms. The van der Waals surface area contributed by atoms with Crippen LogP contribution in [0, 0.1) is 5.92 Å². The Bertz CT molecular complexity index is 756. The van der Waals surface area contributed by atoms with Gasteiger partial charge in [0.15, 0.2) is 0 Å². The Balaban J connectivity index is 1.58. The van der Waals surface area contributed by atoms with Crippen LogP contribution in [0.4, 0.5) is 0 Å². The quantitative estimate of drug-likeness (QED) is 0.629. The van der Waals surface area contributed by atoms with Crippen LogP contribution in [0.15, 0.2) is 57.9 Å². The third kappa shape index (κ3) is 4.00. The maximum Gasteiger partial charge on any atom is 0.374 e. The van der Waals surface area contributed by atoms with E-state index in [0.717, 1.165) is 19.3 Å². The van der Waals surface area contributed by atoms with Gasteiger partial charge in [-0.15, -0.1) is 0 Å². The summed E-state index contributed by atoms with van der Waals surface area (Å²) >= 11 is 0. The SMILES string of the molecule is O=C(OCC1CC=CCC1)c1ccc(Cn2ccccc2=O)o1. The molecule has 0 aliphatic heterocycles. The van der Waals surface area contributed by atoms with E-state index < -0.39 is 5.97 Å². The third-order valence-electron chi connectivity index (χ3n) is 3.92. The summed E-state index contributed by atoms with van der Waals surface area (Å²) in [5, 5.41) is 0. The summed E-state index contributed by atoms with van der Waals surface area (Å²) in [6, 6.07) is 8.23. The fourth-order valence-corrected chi connectivity index (χ4v) is 2.60. The molecule has 1 aliphatic rings. The van der Waals surface area contributed by atoms with Gasteiger partial charge in [-0.25, -0.2) is 4.79 Å². The van der Waals surface area contributed by atoms with Gasteiger partial charge in [-0.05, 0) is 43.4 Å². The van der Waals surface area contributed by atoms with Gasteiger partial charge in [0.25, 0.3) is 5.56 Å². The first-order valence-electron chi connectivity index (χ1n) is 7.78. The highest BCUT2D eigenvalue weighted by Crippen LogP contribution is 2.19. The van der Waals surface area contributed by atoms with Crippen LogP contribution in [0.25, 0.3) is 0 Å². The van der Waals surface area contributed by atoms with E-state index in [9.17, 15) is 9.59 Å². The van der Waals surface area contributed by atoms with Gasteiger partial charge >= 0.3 is 5.97 Å². The Morgan fingerprint density at radius 2 is 2.17 bits per heavy atom. The first-order chi connectivity index (χ1) is 11.2. The van der Waals surface area contributed by atoms with Crippen molar-refractivity contribution in [2.24, 2.45) is 5.92 Å². The summed E-state index contributed by atoms with van der Waals surface area (Å²) < 4.78 is 12.3. The number of rotatable bonds is 5. The van der Waals surface area contributed by atoms with Crippen LogP contribution in [0.1, 0.15) is 35.6 Å². The molecule has 0 saturated heterocycles. The maximum atomic E-state index is 12.0. The Kier molecular flexibility index (Phi) is 4.76. The molecule has 120 valence electrons. The number of hydrogen-bond donors (Lipinski definition) is 0. The summed E-state index contributed by atoms with van der Waals surface area (Å²) in [6.07, 6.45) is 9.00. The molecular formula is C18H19NO4. The van der Waals surface area contributed by atoms with Gasteiger partial charge < -0.3 is 13.7 Å². The molecule has 0 aromatic carbocycles. The van der Waals surface area contributed by atoms with Crippen LogP contribution >= 0.6 is 0 Å². The van der Waals surface area contributed by atoms with Crippen molar-refractivity contribution in [3.63, 3.8) is 0 Å². The second-order valence-electron chi connectivity index (χ2n) is 5.68. The fourth-order valence-electron chi connectivity index (χ4n) is 2.60. The topological polar surface area (TPSA) is 61.4 Å². The molecule has 23 heavy (non-hydrogen) atoms. The molecule has 2 heterocycles. The highest BCUT2D eigenvalue weighted by atomic mass is 16.5. The number of hydrogen-bond acceptors (Lipinski definition) is 4. The highest BCUT2D eigenvalue weighted by Gasteiger charge is 2.17. The summed E-state index contributed by atoms with van der Waals surface area (Å²) in [6.45, 7) is 0.706. The fraction of sp³-hybridized carbons (Fsp3) is 0.333. The Morgan fingerprint density at radius 1 is 1.26 bits per heavy atom. The molecule has 0 bridgehead atoms. The number of carbonyl (C=O) groups excluding carboxylic acids is 1. The Morgan fingerprint density at radius 3 is 2.96 bits per heavy atom. The lowest BCUT2D eigenvalue weighted by Crippen LogP contribution is -2.18. The Labute approximate surface area is 134 Å². The maximum absolute atomic E-state index is 12.0. The molecule has 0 spiro atoms. The lowest BCUT2D eigenvalue weighted by Gasteiger charge is -2.16. The number of pyridine rings is 1. The molecular weight excluding hydrogens is 294 g/mol. The molecule has 0 saturated carbocycles. The van der Waals surface area contributed by atoms with Crippen molar-refractivity contribution in [1.29, 1.82) is 0 Å². The smallest absolute Gasteiger partial charge is 0.374 e. The zero-order valence-electron chi connectivity index (χ0n) is 12.8. The number of ether oxygens (including phenoxy) is 1. The van der Waals surface area contributed by atoms with E-state index in [2.05, 4.69) is 12.2 Å². The van der Waals surface area contributed by atoms with E-state index in [1.165, 1.54) is 10.6 Å². The molecule has 0 radical (unpaired) electrons. The Hall–Kier alpha value is -2.56. The molecule has 0 fully saturated rings. The van der Waals surface area contributed by atoms with Crippen LogP contribution in [0.3, 0.4) is 0 Å². The lowest BCUT2D eigenvalue weighted by atomic mass is 9.95. The van der Waals surface area contributed by atoms with Gasteiger partial charge in [-0.2, -0.15) is 0 Å². The van der Waals surface area contributed by atoms with Crippen molar-refractivity contribution in [2.45, 2.75) is 25.8 Å². The largest absolute Gasteiger partial charge is 0.460 e. The first kappa shape index (κ1) is 15.3. The molecule has 1 atom stereocenters. The number of nitrogens with zero attached hydrogens (tertiary/aromatic N) is 1. The van der Waals surface area contributed by atoms with E-state index in [1.54, 1.807) is 30.5 Å². The molecule has 2 aromatic rings. The van der Waals surface area contributed by atoms with Crippen LogP contribution in [0.2, 0.25) is 0 Å². The summed E-state index contributed by atoms with van der Waals surface area (Å²) in [5.74, 6) is 0.661. The van der Waals surface area contributed by atoms with Crippen molar-refractivity contribution in [1.82, 2.24) is 4.57 Å². The van der Waals surface area contributed by atoms with E-state index in [-0.39, 0.29) is 11.3 Å². The van der Waals surface area contributed by atoms with E-state index in [4.69, 9.17) is 9.15 Å². The van der Waals surface area contributed by atoms with Crippen molar-refractivity contribution in [2.75, 3.05) is 6.61 Å². The van der Waals surface area contributed by atoms with Gasteiger partial charge in [0.2, 0.25) is 5.76 Å². The number of esters is 1. The minimum atomic E-state index is -0.453. The van der Waals surface area contributed by atoms with Crippen molar-refractivity contribution in [3.8, 4) is 0 Å². The van der Waals surface area contributed by atoms with Gasteiger partial charge in [0, 0.05) is 12.3 Å². The van der Waals surface area contributed by atoms with Crippen LogP contribution in [-0.4, -0.2) is 17.1 Å². The van der Waals surface area contributed by atoms with E-state index >= 15 is 0 Å². The predicted molar refractivity (Wildman–Crippen MR) is 85.3 cm³/mol. The van der Waals surface area contributed by atoms with E-state index in [1.807, 2.05) is 0 Å². The van der Waals surface area contributed by atoms with Crippen molar-refractivity contribution < 1.29 is 13.9 Å². The molecule has 1 aliphatic carbocycles. The second kappa shape index (κ2) is 7.13. The standard InChI is InChI=1S/C18H19NO4/c20-17-8-4-5-11-19(17)12-15-9-10-16(23-15)18(21)22-13-14-6-2-1-3-7-14/h1-2,4-5,8-11,14H,3,6-7,12-13H2. The molecule has 0 amide bonds. The molecule has 3 rings (SSSR count). The van der Waals surface area contributed by atoms with Crippen LogP contribution in [0.5, 0.6) is 0 Å². The number of furan rings is 1. The van der Waals surface area contributed by atoms with Crippen molar-refractivity contribution >= 4 is 5.97 Å². The van der Waals surface area contributed by atoms with Gasteiger partial charge in [-0.3, -0.25) is 4.79 Å². The second-order valence-corrected chi connectivity index (χ2v) is 5.68. The van der Waals surface area contributed by atoms with Crippen LogP contribution < -0.4 is 5.56 Å². The molecule has 5 nitrogen and oxygen atoms in total. The minimum Gasteiger partial charge on any atom is -0.460 e. The summed E-state index contributed by atoms with van der Waals surface area (Å²) in [7, 11) is 0. The van der Waals surface area contributed by atoms with Crippen LogP contribution in [-0.2, 0) is 11.3 Å². The predicted octanol–water partition coefficient (Wildman–Crippen LogP) is 3.00. The first-order valence-corrected chi connectivity index (χ1v) is 7.78. The minimum absolute atomic E-state index is 0.113.